The van der Waals surface area contributed by atoms with Crippen molar-refractivity contribution in [1.82, 2.24) is 20.3 Å². The van der Waals surface area contributed by atoms with Gasteiger partial charge in [0, 0.05) is 20.7 Å². The van der Waals surface area contributed by atoms with Crippen molar-refractivity contribution < 1.29 is 9.05 Å². The first-order chi connectivity index (χ1) is 16.0. The van der Waals surface area contributed by atoms with E-state index >= 15 is 0 Å². The molecule has 5 aromatic rings. The summed E-state index contributed by atoms with van der Waals surface area (Å²) in [6.45, 7) is 1.95. The van der Waals surface area contributed by atoms with Crippen LogP contribution in [0.4, 0.5) is 17.3 Å². The third kappa shape index (κ3) is 4.71. The number of nitrogens with one attached hydrogen (secondary N) is 2. The van der Waals surface area contributed by atoms with Crippen molar-refractivity contribution in [3.8, 4) is 11.3 Å². The van der Waals surface area contributed by atoms with Gasteiger partial charge in [0.25, 0.3) is 0 Å². The van der Waals surface area contributed by atoms with E-state index in [4.69, 9.17) is 20.6 Å². The molecular formula is C22H15BrClN7O2. The molecule has 0 fully saturated rings. The Bertz CT molecular complexity index is 1460. The molecule has 3 aromatic heterocycles. The standard InChI is InChI=1S/C22H15BrClN7O2/c1-12-2-3-13(10-17(12)24)18-9-8-16(32-18)11-25-29-20-19(26-15-6-4-14(23)5-7-15)27-21-22(28-20)31-33-30-21/h2-11H,1H3,(H,26,27,30)(H,28,29,31)/b25-11-. The summed E-state index contributed by atoms with van der Waals surface area (Å²) in [5.74, 6) is 1.99. The molecule has 33 heavy (non-hydrogen) atoms. The van der Waals surface area contributed by atoms with Gasteiger partial charge in [-0.05, 0) is 65.3 Å². The van der Waals surface area contributed by atoms with E-state index in [1.807, 2.05) is 61.5 Å². The minimum atomic E-state index is 0.255. The van der Waals surface area contributed by atoms with Gasteiger partial charge < -0.3 is 9.73 Å². The van der Waals surface area contributed by atoms with Gasteiger partial charge in [-0.3, -0.25) is 5.43 Å². The van der Waals surface area contributed by atoms with E-state index in [1.165, 1.54) is 6.21 Å². The zero-order valence-corrected chi connectivity index (χ0v) is 19.4. The summed E-state index contributed by atoms with van der Waals surface area (Å²) in [6, 6.07) is 17.0. The van der Waals surface area contributed by atoms with E-state index in [9.17, 15) is 0 Å². The maximum absolute atomic E-state index is 6.22. The van der Waals surface area contributed by atoms with Crippen LogP contribution < -0.4 is 10.7 Å². The van der Waals surface area contributed by atoms with Gasteiger partial charge in [-0.1, -0.05) is 39.7 Å². The minimum Gasteiger partial charge on any atom is -0.455 e. The Morgan fingerprint density at radius 1 is 0.970 bits per heavy atom. The summed E-state index contributed by atoms with van der Waals surface area (Å²) in [6.07, 6.45) is 1.54. The molecule has 0 aliphatic heterocycles. The molecule has 0 amide bonds. The van der Waals surface area contributed by atoms with Gasteiger partial charge in [0.2, 0.25) is 11.3 Å². The summed E-state index contributed by atoms with van der Waals surface area (Å²) in [4.78, 5) is 8.79. The second kappa shape index (κ2) is 9.00. The Kier molecular flexibility index (Phi) is 5.76. The van der Waals surface area contributed by atoms with Crippen LogP contribution in [0.1, 0.15) is 11.3 Å². The third-order valence-electron chi connectivity index (χ3n) is 4.67. The van der Waals surface area contributed by atoms with Crippen molar-refractivity contribution in [2.45, 2.75) is 6.92 Å². The topological polar surface area (TPSA) is 114 Å². The number of aromatic nitrogens is 4. The monoisotopic (exact) mass is 523 g/mol. The second-order valence-electron chi connectivity index (χ2n) is 7.00. The molecule has 0 atom stereocenters. The van der Waals surface area contributed by atoms with Gasteiger partial charge >= 0.3 is 0 Å². The molecule has 2 N–H and O–H groups in total. The van der Waals surface area contributed by atoms with Crippen LogP contribution in [0.25, 0.3) is 22.6 Å². The summed E-state index contributed by atoms with van der Waals surface area (Å²) in [7, 11) is 0. The lowest BCUT2D eigenvalue weighted by molar-refractivity contribution is 0.314. The number of rotatable bonds is 6. The van der Waals surface area contributed by atoms with Crippen LogP contribution in [-0.4, -0.2) is 26.5 Å². The van der Waals surface area contributed by atoms with E-state index in [0.29, 0.717) is 28.2 Å². The molecule has 0 bridgehead atoms. The summed E-state index contributed by atoms with van der Waals surface area (Å²) in [5, 5.41) is 15.6. The first kappa shape index (κ1) is 21.1. The van der Waals surface area contributed by atoms with Crippen molar-refractivity contribution in [2.24, 2.45) is 5.10 Å². The Labute approximate surface area is 201 Å². The van der Waals surface area contributed by atoms with Crippen LogP contribution >= 0.6 is 27.5 Å². The molecule has 0 saturated heterocycles. The molecule has 5 rings (SSSR count). The number of anilines is 3. The molecule has 9 nitrogen and oxygen atoms in total. The lowest BCUT2D eigenvalue weighted by Crippen LogP contribution is -2.03. The predicted octanol–water partition coefficient (Wildman–Crippen LogP) is 6.19. The van der Waals surface area contributed by atoms with Gasteiger partial charge in [-0.25, -0.2) is 9.61 Å². The maximum Gasteiger partial charge on any atom is 0.245 e. The molecule has 0 radical (unpaired) electrons. The van der Waals surface area contributed by atoms with Crippen molar-refractivity contribution >= 4 is 62.4 Å². The number of hydrogen-bond acceptors (Lipinski definition) is 9. The maximum atomic E-state index is 6.22. The van der Waals surface area contributed by atoms with Crippen LogP contribution in [0.3, 0.4) is 0 Å². The fourth-order valence-corrected chi connectivity index (χ4v) is 3.40. The summed E-state index contributed by atoms with van der Waals surface area (Å²) < 4.78 is 11.5. The molecule has 11 heteroatoms. The van der Waals surface area contributed by atoms with E-state index < -0.39 is 0 Å². The number of benzene rings is 2. The summed E-state index contributed by atoms with van der Waals surface area (Å²) >= 11 is 9.64. The molecule has 0 spiro atoms. The van der Waals surface area contributed by atoms with Gasteiger partial charge in [-0.15, -0.1) is 0 Å². The van der Waals surface area contributed by atoms with Crippen LogP contribution in [0, 0.1) is 6.92 Å². The first-order valence-corrected chi connectivity index (χ1v) is 10.9. The number of fused-ring (bicyclic) bond motifs is 1. The van der Waals surface area contributed by atoms with E-state index in [0.717, 1.165) is 21.3 Å². The SMILES string of the molecule is Cc1ccc(-c2ccc(/C=N\Nc3nc4nonc4nc3Nc3ccc(Br)cc3)o2)cc1Cl. The Hall–Kier alpha value is -3.76. The van der Waals surface area contributed by atoms with E-state index in [1.54, 1.807) is 0 Å². The highest BCUT2D eigenvalue weighted by atomic mass is 79.9. The molecule has 0 saturated carbocycles. The average Bonchev–Trinajstić information content (AvgIpc) is 3.46. The fraction of sp³-hybridized carbons (Fsp3) is 0.0455. The number of nitrogens with zero attached hydrogens (tertiary/aromatic N) is 5. The van der Waals surface area contributed by atoms with Crippen molar-refractivity contribution in [3.05, 3.63) is 75.4 Å². The molecule has 0 unspecified atom stereocenters. The lowest BCUT2D eigenvalue weighted by atomic mass is 10.1. The molecule has 3 heterocycles. The zero-order chi connectivity index (χ0) is 22.8. The third-order valence-corrected chi connectivity index (χ3v) is 5.60. The van der Waals surface area contributed by atoms with Crippen molar-refractivity contribution in [3.63, 3.8) is 0 Å². The fourth-order valence-electron chi connectivity index (χ4n) is 2.95. The smallest absolute Gasteiger partial charge is 0.245 e. The number of hydrazone groups is 1. The van der Waals surface area contributed by atoms with Crippen LogP contribution in [0.2, 0.25) is 5.02 Å². The normalized spacial score (nSPS) is 11.4. The quantitative estimate of drug-likeness (QED) is 0.200. The van der Waals surface area contributed by atoms with Gasteiger partial charge in [0.1, 0.15) is 11.5 Å². The van der Waals surface area contributed by atoms with Crippen molar-refractivity contribution in [2.75, 3.05) is 10.7 Å². The molecule has 0 aliphatic rings. The number of halogens is 2. The zero-order valence-electron chi connectivity index (χ0n) is 17.1. The molecule has 164 valence electrons. The minimum absolute atomic E-state index is 0.255. The van der Waals surface area contributed by atoms with Crippen LogP contribution in [0.5, 0.6) is 0 Å². The second-order valence-corrected chi connectivity index (χ2v) is 8.32. The van der Waals surface area contributed by atoms with Crippen LogP contribution in [0.15, 0.2) is 73.2 Å². The van der Waals surface area contributed by atoms with E-state index in [2.05, 4.69) is 52.1 Å². The number of furan rings is 1. The molecule has 0 aliphatic carbocycles. The Morgan fingerprint density at radius 3 is 2.48 bits per heavy atom. The highest BCUT2D eigenvalue weighted by Gasteiger charge is 2.13. The number of aryl methyl sites for hydroxylation is 1. The highest BCUT2D eigenvalue weighted by molar-refractivity contribution is 9.10. The number of hydrogen-bond donors (Lipinski definition) is 2. The Morgan fingerprint density at radius 2 is 1.73 bits per heavy atom. The lowest BCUT2D eigenvalue weighted by Gasteiger charge is -2.09. The largest absolute Gasteiger partial charge is 0.455 e. The van der Waals surface area contributed by atoms with Gasteiger partial charge in [0.05, 0.1) is 6.21 Å². The highest BCUT2D eigenvalue weighted by Crippen LogP contribution is 2.27. The molecular weight excluding hydrogens is 510 g/mol. The Balaban J connectivity index is 1.37. The van der Waals surface area contributed by atoms with Gasteiger partial charge in [0.15, 0.2) is 11.6 Å². The van der Waals surface area contributed by atoms with E-state index in [-0.39, 0.29) is 11.3 Å². The van der Waals surface area contributed by atoms with Crippen molar-refractivity contribution in [1.29, 1.82) is 0 Å². The summed E-state index contributed by atoms with van der Waals surface area (Å²) in [5.41, 5.74) is 6.10. The first-order valence-electron chi connectivity index (χ1n) is 9.73. The average molecular weight is 525 g/mol. The molecule has 2 aromatic carbocycles. The van der Waals surface area contributed by atoms with Crippen LogP contribution in [-0.2, 0) is 0 Å². The predicted molar refractivity (Wildman–Crippen MR) is 130 cm³/mol. The van der Waals surface area contributed by atoms with Gasteiger partial charge in [-0.2, -0.15) is 10.1 Å².